The first-order chi connectivity index (χ1) is 10.7. The van der Waals surface area contributed by atoms with Crippen molar-refractivity contribution in [1.29, 1.82) is 0 Å². The lowest BCUT2D eigenvalue weighted by atomic mass is 9.85. The maximum absolute atomic E-state index is 12.1. The summed E-state index contributed by atoms with van der Waals surface area (Å²) in [7, 11) is 1.26. The van der Waals surface area contributed by atoms with Crippen LogP contribution < -0.4 is 10.9 Å². The van der Waals surface area contributed by atoms with E-state index in [1.54, 1.807) is 0 Å². The summed E-state index contributed by atoms with van der Waals surface area (Å²) in [5.74, 6) is 0.750. The highest BCUT2D eigenvalue weighted by Gasteiger charge is 2.18. The Morgan fingerprint density at radius 2 is 2.18 bits per heavy atom. The van der Waals surface area contributed by atoms with E-state index in [2.05, 4.69) is 25.0 Å². The zero-order valence-corrected chi connectivity index (χ0v) is 12.6. The van der Waals surface area contributed by atoms with Gasteiger partial charge in [0.2, 0.25) is 5.95 Å². The summed E-state index contributed by atoms with van der Waals surface area (Å²) in [5, 5.41) is 2.40. The molecule has 118 valence electrons. The van der Waals surface area contributed by atoms with Crippen molar-refractivity contribution in [3.8, 4) is 0 Å². The number of anilines is 1. The molecular formula is C15H20N4O3. The highest BCUT2D eigenvalue weighted by molar-refractivity contribution is 5.85. The Balaban J connectivity index is 1.90. The fourth-order valence-electron chi connectivity index (χ4n) is 3.13. The van der Waals surface area contributed by atoms with Crippen LogP contribution in [0.5, 0.6) is 0 Å². The highest BCUT2D eigenvalue weighted by Crippen LogP contribution is 2.28. The van der Waals surface area contributed by atoms with E-state index >= 15 is 0 Å². The fraction of sp³-hybridized carbons (Fsp3) is 0.533. The van der Waals surface area contributed by atoms with E-state index in [0.717, 1.165) is 12.0 Å². The second-order valence-electron chi connectivity index (χ2n) is 5.78. The largest absolute Gasteiger partial charge is 0.453 e. The van der Waals surface area contributed by atoms with Crippen LogP contribution in [0.1, 0.15) is 37.7 Å². The normalized spacial score (nSPS) is 15.9. The molecule has 2 heterocycles. The van der Waals surface area contributed by atoms with Gasteiger partial charge in [-0.1, -0.05) is 32.1 Å². The monoisotopic (exact) mass is 304 g/mol. The van der Waals surface area contributed by atoms with Gasteiger partial charge in [0.05, 0.1) is 7.11 Å². The molecule has 0 aromatic carbocycles. The Kier molecular flexibility index (Phi) is 4.13. The van der Waals surface area contributed by atoms with Crippen molar-refractivity contribution < 1.29 is 9.53 Å². The van der Waals surface area contributed by atoms with Crippen LogP contribution in [0, 0.1) is 5.92 Å². The van der Waals surface area contributed by atoms with Crippen LogP contribution in [-0.4, -0.2) is 28.2 Å². The summed E-state index contributed by atoms with van der Waals surface area (Å²) in [6.45, 7) is 0. The van der Waals surface area contributed by atoms with E-state index in [0.29, 0.717) is 17.0 Å². The first-order valence-corrected chi connectivity index (χ1v) is 7.62. The number of aromatic amines is 2. The lowest BCUT2D eigenvalue weighted by Gasteiger charge is -2.20. The number of amides is 1. The molecular weight excluding hydrogens is 284 g/mol. The molecule has 0 atom stereocenters. The summed E-state index contributed by atoms with van der Waals surface area (Å²) >= 11 is 0. The highest BCUT2D eigenvalue weighted by atomic mass is 16.5. The third-order valence-corrected chi connectivity index (χ3v) is 4.25. The number of ether oxygens (including phenoxy) is 1. The molecule has 3 rings (SSSR count). The van der Waals surface area contributed by atoms with E-state index in [1.807, 2.05) is 6.20 Å². The van der Waals surface area contributed by atoms with Crippen molar-refractivity contribution >= 4 is 23.1 Å². The van der Waals surface area contributed by atoms with E-state index in [9.17, 15) is 9.59 Å². The predicted octanol–water partition coefficient (Wildman–Crippen LogP) is 2.55. The molecule has 0 unspecified atom stereocenters. The molecule has 1 fully saturated rings. The molecule has 1 aliphatic carbocycles. The third kappa shape index (κ3) is 2.98. The van der Waals surface area contributed by atoms with Crippen LogP contribution in [0.4, 0.5) is 10.7 Å². The van der Waals surface area contributed by atoms with Gasteiger partial charge >= 0.3 is 6.09 Å². The maximum atomic E-state index is 12.1. The van der Waals surface area contributed by atoms with Crippen molar-refractivity contribution in [3.05, 3.63) is 22.1 Å². The van der Waals surface area contributed by atoms with Crippen molar-refractivity contribution in [1.82, 2.24) is 15.0 Å². The van der Waals surface area contributed by atoms with Crippen LogP contribution in [0.25, 0.3) is 11.0 Å². The van der Waals surface area contributed by atoms with Crippen molar-refractivity contribution in [2.45, 2.75) is 38.5 Å². The average molecular weight is 304 g/mol. The number of methoxy groups -OCH3 is 1. The van der Waals surface area contributed by atoms with Crippen molar-refractivity contribution in [2.75, 3.05) is 12.4 Å². The molecule has 7 nitrogen and oxygen atoms in total. The van der Waals surface area contributed by atoms with Gasteiger partial charge in [-0.3, -0.25) is 15.1 Å². The SMILES string of the molecule is COC(=O)Nc1nc2c(CC3CCCCC3)c[nH]c2c(=O)[nH]1. The molecule has 7 heteroatoms. The van der Waals surface area contributed by atoms with Crippen LogP contribution in [0.15, 0.2) is 11.0 Å². The summed E-state index contributed by atoms with van der Waals surface area (Å²) in [5.41, 5.74) is 1.80. The van der Waals surface area contributed by atoms with Gasteiger partial charge in [-0.2, -0.15) is 0 Å². The number of nitrogens with one attached hydrogen (secondary N) is 3. The Morgan fingerprint density at radius 3 is 2.91 bits per heavy atom. The van der Waals surface area contributed by atoms with Gasteiger partial charge in [-0.05, 0) is 17.9 Å². The van der Waals surface area contributed by atoms with Gasteiger partial charge in [0.1, 0.15) is 11.0 Å². The third-order valence-electron chi connectivity index (χ3n) is 4.25. The Hall–Kier alpha value is -2.31. The molecule has 0 saturated heterocycles. The first kappa shape index (κ1) is 14.6. The molecule has 0 bridgehead atoms. The Labute approximate surface area is 127 Å². The van der Waals surface area contributed by atoms with Crippen LogP contribution in [0.2, 0.25) is 0 Å². The molecule has 0 radical (unpaired) electrons. The number of fused-ring (bicyclic) bond motifs is 1. The van der Waals surface area contributed by atoms with Crippen molar-refractivity contribution in [3.63, 3.8) is 0 Å². The van der Waals surface area contributed by atoms with Crippen molar-refractivity contribution in [2.24, 2.45) is 5.92 Å². The predicted molar refractivity (Wildman–Crippen MR) is 83.0 cm³/mol. The molecule has 0 aliphatic heterocycles. The molecule has 2 aromatic rings. The van der Waals surface area contributed by atoms with E-state index in [-0.39, 0.29) is 11.5 Å². The zero-order chi connectivity index (χ0) is 15.5. The van der Waals surface area contributed by atoms with E-state index in [4.69, 9.17) is 0 Å². The first-order valence-electron chi connectivity index (χ1n) is 7.62. The average Bonchev–Trinajstić information content (AvgIpc) is 2.92. The van der Waals surface area contributed by atoms with Gasteiger partial charge in [-0.25, -0.2) is 9.78 Å². The van der Waals surface area contributed by atoms with Gasteiger partial charge in [0, 0.05) is 6.20 Å². The molecule has 2 aromatic heterocycles. The fourth-order valence-corrected chi connectivity index (χ4v) is 3.13. The van der Waals surface area contributed by atoms with Gasteiger partial charge in [0.25, 0.3) is 5.56 Å². The molecule has 22 heavy (non-hydrogen) atoms. The van der Waals surface area contributed by atoms with Crippen LogP contribution >= 0.6 is 0 Å². The van der Waals surface area contributed by atoms with E-state index in [1.165, 1.54) is 39.2 Å². The topological polar surface area (TPSA) is 99.9 Å². The standard InChI is InChI=1S/C15H20N4O3/c1-22-15(21)19-14-17-11-10(7-9-5-3-2-4-6-9)8-16-12(11)13(20)18-14/h8-9,16H,2-7H2,1H3,(H2,17,18,19,20,21). The number of hydrogen-bond donors (Lipinski definition) is 3. The summed E-state index contributed by atoms with van der Waals surface area (Å²) in [4.78, 5) is 33.2. The maximum Gasteiger partial charge on any atom is 0.413 e. The summed E-state index contributed by atoms with van der Waals surface area (Å²) < 4.78 is 4.52. The van der Waals surface area contributed by atoms with Crippen LogP contribution in [-0.2, 0) is 11.2 Å². The molecule has 0 spiro atoms. The Bertz CT molecular complexity index is 728. The van der Waals surface area contributed by atoms with Gasteiger partial charge in [0.15, 0.2) is 0 Å². The lowest BCUT2D eigenvalue weighted by molar-refractivity contribution is 0.186. The number of aromatic nitrogens is 3. The minimum absolute atomic E-state index is 0.105. The second kappa shape index (κ2) is 6.21. The number of hydrogen-bond acceptors (Lipinski definition) is 4. The zero-order valence-electron chi connectivity index (χ0n) is 12.6. The van der Waals surface area contributed by atoms with Gasteiger partial charge < -0.3 is 9.72 Å². The smallest absolute Gasteiger partial charge is 0.413 e. The number of H-pyrrole nitrogens is 2. The second-order valence-corrected chi connectivity index (χ2v) is 5.78. The molecule has 1 amide bonds. The number of carbonyl (C=O) groups is 1. The number of carbonyl (C=O) groups excluding carboxylic acids is 1. The molecule has 1 aliphatic rings. The van der Waals surface area contributed by atoms with E-state index < -0.39 is 6.09 Å². The number of nitrogens with zero attached hydrogens (tertiary/aromatic N) is 1. The number of rotatable bonds is 3. The van der Waals surface area contributed by atoms with Crippen LogP contribution in [0.3, 0.4) is 0 Å². The van der Waals surface area contributed by atoms with Gasteiger partial charge in [-0.15, -0.1) is 0 Å². The quantitative estimate of drug-likeness (QED) is 0.811. The molecule has 1 saturated carbocycles. The lowest BCUT2D eigenvalue weighted by Crippen LogP contribution is -2.18. The Morgan fingerprint density at radius 1 is 1.41 bits per heavy atom. The minimum atomic E-state index is -0.660. The molecule has 3 N–H and O–H groups in total. The summed E-state index contributed by atoms with van der Waals surface area (Å²) in [6, 6.07) is 0. The summed E-state index contributed by atoms with van der Waals surface area (Å²) in [6.07, 6.45) is 8.41. The minimum Gasteiger partial charge on any atom is -0.453 e.